The van der Waals surface area contributed by atoms with Gasteiger partial charge in [0.2, 0.25) is 12.0 Å². The summed E-state index contributed by atoms with van der Waals surface area (Å²) in [5.41, 5.74) is -0.0730. The molecule has 0 spiro atoms. The number of ether oxygens (including phenoxy) is 3. The molecule has 1 saturated heterocycles. The molecule has 4 rings (SSSR count). The number of aliphatic hydroxyl groups is 4. The van der Waals surface area contributed by atoms with Crippen LogP contribution >= 0.6 is 0 Å². The van der Waals surface area contributed by atoms with E-state index in [2.05, 4.69) is 0 Å². The first kappa shape index (κ1) is 25.2. The molecule has 0 amide bonds. The van der Waals surface area contributed by atoms with Crippen LogP contribution in [-0.4, -0.2) is 84.1 Å². The molecule has 2 aromatic carbocycles. The van der Waals surface area contributed by atoms with Crippen molar-refractivity contribution in [2.24, 2.45) is 0 Å². The van der Waals surface area contributed by atoms with Gasteiger partial charge in [-0.05, 0) is 0 Å². The van der Waals surface area contributed by atoms with Crippen molar-refractivity contribution in [1.29, 1.82) is 0 Å². The molecule has 2 heterocycles. The Labute approximate surface area is 202 Å². The first-order valence-corrected chi connectivity index (χ1v) is 10.5. The second-order valence-electron chi connectivity index (χ2n) is 8.07. The van der Waals surface area contributed by atoms with Crippen molar-refractivity contribution in [1.82, 2.24) is 0 Å². The number of benzene rings is 2. The van der Waals surface area contributed by atoms with Gasteiger partial charge in [0.15, 0.2) is 23.0 Å². The number of aliphatic hydroxyl groups excluding tert-OH is 4. The third kappa shape index (κ3) is 4.65. The maximum Gasteiger partial charge on any atom is 0.402 e. The number of carbonyl (C=O) groups is 1. The van der Waals surface area contributed by atoms with E-state index in [-0.39, 0.29) is 39.5 Å². The lowest BCUT2D eigenvalue weighted by Gasteiger charge is -2.39. The Bertz CT molecular complexity index is 1280. The molecule has 0 bridgehead atoms. The number of hydrogen-bond acceptors (Lipinski definition) is 12. The van der Waals surface area contributed by atoms with Crippen LogP contribution in [-0.2, 0) is 9.53 Å². The van der Waals surface area contributed by atoms with Gasteiger partial charge in [0, 0.05) is 31.2 Å². The molecule has 0 unspecified atom stereocenters. The molecule has 192 valence electrons. The normalized spacial score (nSPS) is 24.0. The van der Waals surface area contributed by atoms with Crippen LogP contribution in [0.4, 0.5) is 0 Å². The van der Waals surface area contributed by atoms with E-state index in [4.69, 9.17) is 18.6 Å². The highest BCUT2D eigenvalue weighted by molar-refractivity contribution is 5.90. The summed E-state index contributed by atoms with van der Waals surface area (Å²) in [7, 11) is 0. The molecule has 8 N–H and O–H groups in total. The van der Waals surface area contributed by atoms with Crippen LogP contribution in [0.2, 0.25) is 0 Å². The van der Waals surface area contributed by atoms with E-state index in [9.17, 15) is 45.6 Å². The SMILES string of the molecule is CC(=O)Oc1cc(O)cc2[o+]c(-c3cc(O)c(O)c(O)c3)c(O[C@@H]3O[C@H](CO)[C@@H](O)[C@H](O)[C@H]3O)cc12. The van der Waals surface area contributed by atoms with E-state index < -0.39 is 60.5 Å². The molecule has 3 aromatic rings. The van der Waals surface area contributed by atoms with Crippen LogP contribution in [0.5, 0.6) is 34.5 Å². The summed E-state index contributed by atoms with van der Waals surface area (Å²) in [6.45, 7) is 0.421. The van der Waals surface area contributed by atoms with Crippen LogP contribution in [0.25, 0.3) is 22.3 Å². The first-order chi connectivity index (χ1) is 17.0. The Morgan fingerprint density at radius 1 is 0.944 bits per heavy atom. The Kier molecular flexibility index (Phi) is 6.75. The number of fused-ring (bicyclic) bond motifs is 1. The number of phenolic OH excluding ortho intramolecular Hbond substituents is 4. The van der Waals surface area contributed by atoms with Gasteiger partial charge < -0.3 is 55.1 Å². The fraction of sp³-hybridized carbons (Fsp3) is 0.304. The van der Waals surface area contributed by atoms with E-state index >= 15 is 0 Å². The highest BCUT2D eigenvalue weighted by Crippen LogP contribution is 2.45. The number of hydrogen-bond donors (Lipinski definition) is 8. The van der Waals surface area contributed by atoms with Gasteiger partial charge in [-0.3, -0.25) is 4.79 Å². The average molecular weight is 507 g/mol. The molecule has 1 fully saturated rings. The van der Waals surface area contributed by atoms with Crippen LogP contribution in [0, 0.1) is 0 Å². The van der Waals surface area contributed by atoms with E-state index in [0.29, 0.717) is 0 Å². The highest BCUT2D eigenvalue weighted by atomic mass is 16.7. The predicted octanol–water partition coefficient (Wildman–Crippen LogP) is 0.307. The van der Waals surface area contributed by atoms with Crippen LogP contribution < -0.4 is 9.47 Å². The number of aromatic hydroxyl groups is 4. The number of esters is 1. The van der Waals surface area contributed by atoms with Crippen molar-refractivity contribution in [3.8, 4) is 45.8 Å². The van der Waals surface area contributed by atoms with Gasteiger partial charge >= 0.3 is 17.3 Å². The minimum atomic E-state index is -1.79. The second kappa shape index (κ2) is 9.64. The third-order valence-electron chi connectivity index (χ3n) is 5.48. The minimum Gasteiger partial charge on any atom is -0.507 e. The molecule has 13 nitrogen and oxygen atoms in total. The Hall–Kier alpha value is -3.88. The zero-order valence-corrected chi connectivity index (χ0v) is 18.6. The van der Waals surface area contributed by atoms with Crippen molar-refractivity contribution < 1.29 is 64.3 Å². The van der Waals surface area contributed by atoms with Gasteiger partial charge in [-0.15, -0.1) is 0 Å². The molecule has 5 atom stereocenters. The summed E-state index contributed by atoms with van der Waals surface area (Å²) in [6, 6.07) is 5.64. The number of phenols is 4. The Balaban J connectivity index is 1.90. The fourth-order valence-corrected chi connectivity index (χ4v) is 3.72. The monoisotopic (exact) mass is 507 g/mol. The van der Waals surface area contributed by atoms with Crippen LogP contribution in [0.15, 0.2) is 34.7 Å². The van der Waals surface area contributed by atoms with Gasteiger partial charge in [0.05, 0.1) is 18.2 Å². The lowest BCUT2D eigenvalue weighted by atomic mass is 9.99. The molecule has 0 saturated carbocycles. The molecular formula is C23H23O13+. The molecule has 1 aromatic heterocycles. The molecule has 13 heteroatoms. The summed E-state index contributed by atoms with van der Waals surface area (Å²) >= 11 is 0. The van der Waals surface area contributed by atoms with Crippen molar-refractivity contribution in [3.05, 3.63) is 30.3 Å². The molecule has 36 heavy (non-hydrogen) atoms. The fourth-order valence-electron chi connectivity index (χ4n) is 3.72. The van der Waals surface area contributed by atoms with E-state index in [1.54, 1.807) is 0 Å². The zero-order chi connectivity index (χ0) is 26.3. The van der Waals surface area contributed by atoms with Crippen molar-refractivity contribution in [2.75, 3.05) is 6.61 Å². The van der Waals surface area contributed by atoms with Gasteiger partial charge in [-0.1, -0.05) is 0 Å². The summed E-state index contributed by atoms with van der Waals surface area (Å²) in [5.74, 6) is -3.84. The average Bonchev–Trinajstić information content (AvgIpc) is 2.82. The number of carbonyl (C=O) groups excluding carboxylic acids is 1. The predicted molar refractivity (Wildman–Crippen MR) is 118 cm³/mol. The van der Waals surface area contributed by atoms with Crippen molar-refractivity contribution in [3.63, 3.8) is 0 Å². The molecule has 1 aliphatic heterocycles. The van der Waals surface area contributed by atoms with E-state index in [0.717, 1.165) is 25.1 Å². The minimum absolute atomic E-state index is 0.0329. The van der Waals surface area contributed by atoms with Crippen LogP contribution in [0.1, 0.15) is 6.92 Å². The second-order valence-corrected chi connectivity index (χ2v) is 8.07. The maximum absolute atomic E-state index is 11.6. The highest BCUT2D eigenvalue weighted by Gasteiger charge is 2.45. The lowest BCUT2D eigenvalue weighted by Crippen LogP contribution is -2.60. The Morgan fingerprint density at radius 3 is 2.22 bits per heavy atom. The van der Waals surface area contributed by atoms with Crippen molar-refractivity contribution >= 4 is 16.9 Å². The van der Waals surface area contributed by atoms with Gasteiger partial charge in [-0.25, -0.2) is 4.42 Å². The van der Waals surface area contributed by atoms with Crippen molar-refractivity contribution in [2.45, 2.75) is 37.6 Å². The van der Waals surface area contributed by atoms with E-state index in [1.165, 1.54) is 12.1 Å². The summed E-state index contributed by atoms with van der Waals surface area (Å²) < 4.78 is 22.1. The third-order valence-corrected chi connectivity index (χ3v) is 5.48. The summed E-state index contributed by atoms with van der Waals surface area (Å²) in [5, 5.41) is 79.8. The zero-order valence-electron chi connectivity index (χ0n) is 18.6. The van der Waals surface area contributed by atoms with Crippen LogP contribution in [0.3, 0.4) is 0 Å². The standard InChI is InChI=1S/C23H22O13/c1-8(25)33-14-4-10(26)5-15-11(14)6-16(22(34-15)9-2-12(27)18(29)13(28)3-9)35-23-21(32)20(31)19(30)17(7-24)36-23/h2-6,17,19-21,23-24,30-32H,7H2,1H3,(H3-,26,27,28,29)/p+1/t17-,19-,20+,21-,23-/m1/s1. The van der Waals surface area contributed by atoms with Gasteiger partial charge in [0.25, 0.3) is 0 Å². The van der Waals surface area contributed by atoms with E-state index in [1.807, 2.05) is 0 Å². The lowest BCUT2D eigenvalue weighted by molar-refractivity contribution is -0.277. The summed E-state index contributed by atoms with van der Waals surface area (Å²) in [4.78, 5) is 11.6. The molecule has 0 aliphatic carbocycles. The topological polar surface area (TPSA) is 218 Å². The quantitative estimate of drug-likeness (QED) is 0.101. The largest absolute Gasteiger partial charge is 0.507 e. The van der Waals surface area contributed by atoms with Gasteiger partial charge in [0.1, 0.15) is 35.6 Å². The maximum atomic E-state index is 11.6. The smallest absolute Gasteiger partial charge is 0.402 e. The van der Waals surface area contributed by atoms with Gasteiger partial charge in [-0.2, -0.15) is 0 Å². The summed E-state index contributed by atoms with van der Waals surface area (Å²) in [6.07, 6.45) is -8.13. The Morgan fingerprint density at radius 2 is 1.61 bits per heavy atom. The molecule has 1 aliphatic rings. The molecular weight excluding hydrogens is 484 g/mol. The number of rotatable bonds is 5. The first-order valence-electron chi connectivity index (χ1n) is 10.5. The molecule has 0 radical (unpaired) electrons.